The number of halogens is 2. The van der Waals surface area contributed by atoms with Crippen molar-refractivity contribution in [1.82, 2.24) is 0 Å². The summed E-state index contributed by atoms with van der Waals surface area (Å²) in [6.07, 6.45) is 0. The van der Waals surface area contributed by atoms with Gasteiger partial charge in [-0.2, -0.15) is 8.78 Å². The van der Waals surface area contributed by atoms with Gasteiger partial charge in [-0.3, -0.25) is 0 Å². The van der Waals surface area contributed by atoms with Crippen molar-refractivity contribution in [2.45, 2.75) is 17.2 Å². The van der Waals surface area contributed by atoms with Gasteiger partial charge in [-0.15, -0.1) is 0 Å². The SMILES string of the molecule is Oc1cccc(CNc2ccc(SC(F)F)cc2)c1. The van der Waals surface area contributed by atoms with Crippen molar-refractivity contribution in [3.63, 3.8) is 0 Å². The maximum Gasteiger partial charge on any atom is 0.288 e. The number of alkyl halides is 2. The molecule has 0 amide bonds. The maximum atomic E-state index is 12.2. The molecule has 0 unspecified atom stereocenters. The van der Waals surface area contributed by atoms with Gasteiger partial charge in [0.25, 0.3) is 5.76 Å². The van der Waals surface area contributed by atoms with Crippen LogP contribution in [0.4, 0.5) is 14.5 Å². The smallest absolute Gasteiger partial charge is 0.288 e. The zero-order valence-electron chi connectivity index (χ0n) is 10.0. The quantitative estimate of drug-likeness (QED) is 0.801. The summed E-state index contributed by atoms with van der Waals surface area (Å²) < 4.78 is 24.3. The van der Waals surface area contributed by atoms with Gasteiger partial charge in [0, 0.05) is 17.1 Å². The van der Waals surface area contributed by atoms with E-state index in [0.29, 0.717) is 23.2 Å². The molecule has 0 aliphatic carbocycles. The van der Waals surface area contributed by atoms with E-state index < -0.39 is 5.76 Å². The summed E-state index contributed by atoms with van der Waals surface area (Å²) in [4.78, 5) is 0.540. The van der Waals surface area contributed by atoms with Crippen molar-refractivity contribution < 1.29 is 13.9 Å². The van der Waals surface area contributed by atoms with Crippen LogP contribution < -0.4 is 5.32 Å². The molecule has 0 aliphatic rings. The highest BCUT2D eigenvalue weighted by molar-refractivity contribution is 7.99. The van der Waals surface area contributed by atoms with E-state index in [0.717, 1.165) is 11.3 Å². The standard InChI is InChI=1S/C14H13F2NOS/c15-14(16)19-13-6-4-11(5-7-13)17-9-10-2-1-3-12(18)8-10/h1-8,14,17-18H,9H2. The monoisotopic (exact) mass is 281 g/mol. The largest absolute Gasteiger partial charge is 0.508 e. The molecule has 2 nitrogen and oxygen atoms in total. The summed E-state index contributed by atoms with van der Waals surface area (Å²) in [7, 11) is 0. The lowest BCUT2D eigenvalue weighted by Crippen LogP contribution is -1.98. The molecule has 0 heterocycles. The van der Waals surface area contributed by atoms with E-state index in [1.54, 1.807) is 42.5 Å². The highest BCUT2D eigenvalue weighted by Crippen LogP contribution is 2.26. The van der Waals surface area contributed by atoms with E-state index >= 15 is 0 Å². The minimum absolute atomic E-state index is 0.225. The number of phenols is 1. The van der Waals surface area contributed by atoms with Crippen molar-refractivity contribution >= 4 is 17.4 Å². The third-order valence-corrected chi connectivity index (χ3v) is 3.21. The van der Waals surface area contributed by atoms with Gasteiger partial charge in [0.15, 0.2) is 0 Å². The fraction of sp³-hybridized carbons (Fsp3) is 0.143. The molecule has 0 aromatic heterocycles. The first-order chi connectivity index (χ1) is 9.13. The Hall–Kier alpha value is -1.75. The Bertz CT molecular complexity index is 531. The number of anilines is 1. The van der Waals surface area contributed by atoms with Gasteiger partial charge in [-0.25, -0.2) is 0 Å². The van der Waals surface area contributed by atoms with Crippen molar-refractivity contribution in [3.05, 3.63) is 54.1 Å². The fourth-order valence-electron chi connectivity index (χ4n) is 1.62. The number of aromatic hydroxyl groups is 1. The molecular formula is C14H13F2NOS. The van der Waals surface area contributed by atoms with E-state index in [2.05, 4.69) is 5.32 Å². The van der Waals surface area contributed by atoms with Gasteiger partial charge in [-0.1, -0.05) is 23.9 Å². The molecule has 2 rings (SSSR count). The molecule has 0 fully saturated rings. The first kappa shape index (κ1) is 13.7. The normalized spacial score (nSPS) is 10.7. The van der Waals surface area contributed by atoms with Crippen LogP contribution in [0.1, 0.15) is 5.56 Å². The van der Waals surface area contributed by atoms with Crippen LogP contribution in [0.3, 0.4) is 0 Å². The second kappa shape index (κ2) is 6.43. The van der Waals surface area contributed by atoms with Crippen LogP contribution in [-0.2, 0) is 6.54 Å². The van der Waals surface area contributed by atoms with E-state index in [9.17, 15) is 13.9 Å². The van der Waals surface area contributed by atoms with Crippen molar-refractivity contribution in [2.75, 3.05) is 5.32 Å². The molecule has 2 N–H and O–H groups in total. The molecular weight excluding hydrogens is 268 g/mol. The number of thioether (sulfide) groups is 1. The number of rotatable bonds is 5. The van der Waals surface area contributed by atoms with E-state index in [-0.39, 0.29) is 5.75 Å². The Balaban J connectivity index is 1.93. The molecule has 0 aliphatic heterocycles. The van der Waals surface area contributed by atoms with E-state index in [4.69, 9.17) is 0 Å². The Morgan fingerprint density at radius 2 is 1.84 bits per heavy atom. The summed E-state index contributed by atoms with van der Waals surface area (Å²) in [6, 6.07) is 13.8. The molecule has 19 heavy (non-hydrogen) atoms. The van der Waals surface area contributed by atoms with Crippen molar-refractivity contribution in [2.24, 2.45) is 0 Å². The topological polar surface area (TPSA) is 32.3 Å². The Labute approximate surface area is 114 Å². The van der Waals surface area contributed by atoms with Gasteiger partial charge in [0.1, 0.15) is 5.75 Å². The number of benzene rings is 2. The van der Waals surface area contributed by atoms with Crippen LogP contribution in [-0.4, -0.2) is 10.9 Å². The zero-order chi connectivity index (χ0) is 13.7. The van der Waals surface area contributed by atoms with Crippen LogP contribution in [0.25, 0.3) is 0 Å². The van der Waals surface area contributed by atoms with Gasteiger partial charge in [-0.05, 0) is 42.0 Å². The van der Waals surface area contributed by atoms with Gasteiger partial charge >= 0.3 is 0 Å². The highest BCUT2D eigenvalue weighted by Gasteiger charge is 2.04. The Morgan fingerprint density at radius 3 is 2.47 bits per heavy atom. The highest BCUT2D eigenvalue weighted by atomic mass is 32.2. The van der Waals surface area contributed by atoms with Crippen LogP contribution in [0.2, 0.25) is 0 Å². The summed E-state index contributed by atoms with van der Waals surface area (Å²) >= 11 is 0.529. The molecule has 0 bridgehead atoms. The molecule has 100 valence electrons. The Morgan fingerprint density at radius 1 is 1.11 bits per heavy atom. The predicted molar refractivity (Wildman–Crippen MR) is 73.7 cm³/mol. The fourth-order valence-corrected chi connectivity index (χ4v) is 2.12. The third-order valence-electron chi connectivity index (χ3n) is 2.49. The Kier molecular flexibility index (Phi) is 4.63. The number of phenolic OH excluding ortho intramolecular Hbond substituents is 1. The summed E-state index contributed by atoms with van der Waals surface area (Å²) in [5, 5.41) is 12.5. The maximum absolute atomic E-state index is 12.2. The van der Waals surface area contributed by atoms with Gasteiger partial charge in [0.2, 0.25) is 0 Å². The minimum atomic E-state index is -2.40. The minimum Gasteiger partial charge on any atom is -0.508 e. The lowest BCUT2D eigenvalue weighted by Gasteiger charge is -2.08. The number of hydrogen-bond acceptors (Lipinski definition) is 3. The average Bonchev–Trinajstić information content (AvgIpc) is 2.37. The van der Waals surface area contributed by atoms with E-state index in [1.807, 2.05) is 6.07 Å². The summed E-state index contributed by atoms with van der Waals surface area (Å²) in [6.45, 7) is 0.565. The second-order valence-electron chi connectivity index (χ2n) is 3.93. The van der Waals surface area contributed by atoms with Crippen LogP contribution in [0.5, 0.6) is 5.75 Å². The first-order valence-corrected chi connectivity index (χ1v) is 6.58. The van der Waals surface area contributed by atoms with Crippen LogP contribution >= 0.6 is 11.8 Å². The number of hydrogen-bond donors (Lipinski definition) is 2. The van der Waals surface area contributed by atoms with Gasteiger partial charge < -0.3 is 10.4 Å². The van der Waals surface area contributed by atoms with Crippen LogP contribution in [0.15, 0.2) is 53.4 Å². The van der Waals surface area contributed by atoms with Gasteiger partial charge in [0.05, 0.1) is 0 Å². The average molecular weight is 281 g/mol. The van der Waals surface area contributed by atoms with Crippen molar-refractivity contribution in [3.8, 4) is 5.75 Å². The number of nitrogens with one attached hydrogen (secondary N) is 1. The predicted octanol–water partition coefficient (Wildman–Crippen LogP) is 4.32. The second-order valence-corrected chi connectivity index (χ2v) is 4.99. The molecule has 0 atom stereocenters. The molecule has 0 spiro atoms. The molecule has 0 saturated heterocycles. The molecule has 0 radical (unpaired) electrons. The lowest BCUT2D eigenvalue weighted by molar-refractivity contribution is 0.252. The van der Waals surface area contributed by atoms with Crippen molar-refractivity contribution in [1.29, 1.82) is 0 Å². The lowest BCUT2D eigenvalue weighted by atomic mass is 10.2. The summed E-state index contributed by atoms with van der Waals surface area (Å²) in [5.41, 5.74) is 1.80. The molecule has 0 saturated carbocycles. The van der Waals surface area contributed by atoms with Crippen LogP contribution in [0, 0.1) is 0 Å². The molecule has 2 aromatic carbocycles. The summed E-state index contributed by atoms with van der Waals surface area (Å²) in [5.74, 6) is -2.17. The zero-order valence-corrected chi connectivity index (χ0v) is 10.8. The third kappa shape index (κ3) is 4.44. The van der Waals surface area contributed by atoms with E-state index in [1.165, 1.54) is 0 Å². The molecule has 5 heteroatoms. The molecule has 2 aromatic rings. The first-order valence-electron chi connectivity index (χ1n) is 5.70.